The highest BCUT2D eigenvalue weighted by Gasteiger charge is 2.31. The molecule has 19 heavy (non-hydrogen) atoms. The Kier molecular flexibility index (Phi) is 5.19. The van der Waals surface area contributed by atoms with Crippen molar-refractivity contribution in [1.29, 1.82) is 0 Å². The molecule has 0 spiro atoms. The van der Waals surface area contributed by atoms with E-state index in [9.17, 15) is 0 Å². The van der Waals surface area contributed by atoms with E-state index in [1.165, 1.54) is 25.7 Å². The molecule has 0 amide bonds. The summed E-state index contributed by atoms with van der Waals surface area (Å²) in [4.78, 5) is 2.28. The number of nitrogens with zero attached hydrogens (tertiary/aromatic N) is 3. The molecule has 2 rings (SSSR count). The zero-order valence-corrected chi connectivity index (χ0v) is 12.4. The zero-order valence-electron chi connectivity index (χ0n) is 12.4. The third kappa shape index (κ3) is 4.49. The first kappa shape index (κ1) is 14.3. The van der Waals surface area contributed by atoms with Gasteiger partial charge >= 0.3 is 6.01 Å². The highest BCUT2D eigenvalue weighted by atomic mass is 16.4. The highest BCUT2D eigenvalue weighted by molar-refractivity contribution is 5.29. The summed E-state index contributed by atoms with van der Waals surface area (Å²) in [5.41, 5.74) is 0. The lowest BCUT2D eigenvalue weighted by Gasteiger charge is -2.18. The monoisotopic (exact) mass is 266 g/mol. The van der Waals surface area contributed by atoms with Gasteiger partial charge in [-0.1, -0.05) is 32.3 Å². The molecule has 0 radical (unpaired) electrons. The van der Waals surface area contributed by atoms with E-state index in [0.717, 1.165) is 13.1 Å². The molecule has 1 fully saturated rings. The quantitative estimate of drug-likeness (QED) is 0.744. The Bertz CT molecular complexity index is 373. The van der Waals surface area contributed by atoms with Crippen LogP contribution in [0.4, 0.5) is 6.01 Å². The average Bonchev–Trinajstić information content (AvgIpc) is 3.10. The van der Waals surface area contributed by atoms with Crippen molar-refractivity contribution in [2.24, 2.45) is 5.92 Å². The SMILES string of the molecule is CCCCN(c1nnc(CNCC(C)C)o1)C1CC1. The van der Waals surface area contributed by atoms with Crippen molar-refractivity contribution in [2.75, 3.05) is 18.0 Å². The normalized spacial score (nSPS) is 15.2. The average molecular weight is 266 g/mol. The molecule has 1 N–H and O–H groups in total. The maximum Gasteiger partial charge on any atom is 0.318 e. The van der Waals surface area contributed by atoms with Gasteiger partial charge < -0.3 is 14.6 Å². The third-order valence-electron chi connectivity index (χ3n) is 3.27. The summed E-state index contributed by atoms with van der Waals surface area (Å²) in [7, 11) is 0. The van der Waals surface area contributed by atoms with Crippen LogP contribution in [0.15, 0.2) is 4.42 Å². The van der Waals surface area contributed by atoms with Crippen LogP contribution in [-0.4, -0.2) is 29.3 Å². The number of anilines is 1. The fraction of sp³-hybridized carbons (Fsp3) is 0.857. The topological polar surface area (TPSA) is 54.2 Å². The van der Waals surface area contributed by atoms with Gasteiger partial charge in [-0.25, -0.2) is 0 Å². The molecule has 1 aliphatic rings. The molecule has 1 saturated carbocycles. The molecule has 1 aliphatic carbocycles. The molecule has 1 aromatic heterocycles. The Balaban J connectivity index is 1.86. The Morgan fingerprint density at radius 1 is 1.37 bits per heavy atom. The maximum absolute atomic E-state index is 5.77. The fourth-order valence-electron chi connectivity index (χ4n) is 2.05. The van der Waals surface area contributed by atoms with Gasteiger partial charge in [-0.3, -0.25) is 0 Å². The molecule has 5 heteroatoms. The first-order valence-electron chi connectivity index (χ1n) is 7.50. The Labute approximate surface area is 115 Å². The lowest BCUT2D eigenvalue weighted by Crippen LogP contribution is -2.27. The van der Waals surface area contributed by atoms with Gasteiger partial charge in [0.05, 0.1) is 6.54 Å². The molecular formula is C14H26N4O. The van der Waals surface area contributed by atoms with Gasteiger partial charge in [0, 0.05) is 12.6 Å². The van der Waals surface area contributed by atoms with Gasteiger partial charge in [0.1, 0.15) is 0 Å². The molecule has 0 saturated heterocycles. The van der Waals surface area contributed by atoms with Crippen molar-refractivity contribution < 1.29 is 4.42 Å². The van der Waals surface area contributed by atoms with Gasteiger partial charge in [-0.05, 0) is 31.7 Å². The molecule has 1 aromatic rings. The largest absolute Gasteiger partial charge is 0.407 e. The lowest BCUT2D eigenvalue weighted by molar-refractivity contribution is 0.444. The fourth-order valence-corrected chi connectivity index (χ4v) is 2.05. The van der Waals surface area contributed by atoms with E-state index >= 15 is 0 Å². The number of nitrogens with one attached hydrogen (secondary N) is 1. The lowest BCUT2D eigenvalue weighted by atomic mass is 10.2. The van der Waals surface area contributed by atoms with Crippen molar-refractivity contribution in [3.8, 4) is 0 Å². The number of hydrogen-bond donors (Lipinski definition) is 1. The Morgan fingerprint density at radius 3 is 2.79 bits per heavy atom. The molecule has 0 aliphatic heterocycles. The molecule has 0 atom stereocenters. The van der Waals surface area contributed by atoms with Crippen molar-refractivity contribution in [2.45, 2.75) is 59.0 Å². The number of aromatic nitrogens is 2. The second kappa shape index (κ2) is 6.89. The van der Waals surface area contributed by atoms with Crippen LogP contribution < -0.4 is 10.2 Å². The van der Waals surface area contributed by atoms with E-state index < -0.39 is 0 Å². The van der Waals surface area contributed by atoms with Gasteiger partial charge in [-0.15, -0.1) is 5.10 Å². The second-order valence-corrected chi connectivity index (χ2v) is 5.78. The summed E-state index contributed by atoms with van der Waals surface area (Å²) >= 11 is 0. The van der Waals surface area contributed by atoms with Crippen molar-refractivity contribution in [1.82, 2.24) is 15.5 Å². The predicted octanol–water partition coefficient (Wildman–Crippen LogP) is 2.58. The first-order chi connectivity index (χ1) is 9.20. The van der Waals surface area contributed by atoms with Crippen molar-refractivity contribution in [3.05, 3.63) is 5.89 Å². The smallest absolute Gasteiger partial charge is 0.318 e. The molecular weight excluding hydrogens is 240 g/mol. The summed E-state index contributed by atoms with van der Waals surface area (Å²) in [5.74, 6) is 1.33. The Hall–Kier alpha value is -1.10. The van der Waals surface area contributed by atoms with Crippen LogP contribution in [0.1, 0.15) is 52.3 Å². The number of rotatable bonds is 9. The summed E-state index contributed by atoms with van der Waals surface area (Å²) < 4.78 is 5.77. The summed E-state index contributed by atoms with van der Waals surface area (Å²) in [6.07, 6.45) is 4.89. The maximum atomic E-state index is 5.77. The van der Waals surface area contributed by atoms with Crippen LogP contribution in [0.5, 0.6) is 0 Å². The number of hydrogen-bond acceptors (Lipinski definition) is 5. The van der Waals surface area contributed by atoms with Crippen LogP contribution in [0.3, 0.4) is 0 Å². The van der Waals surface area contributed by atoms with Gasteiger partial charge in [0.25, 0.3) is 0 Å². The minimum absolute atomic E-state index is 0.628. The van der Waals surface area contributed by atoms with E-state index in [1.807, 2.05) is 0 Å². The van der Waals surface area contributed by atoms with E-state index in [0.29, 0.717) is 30.4 Å². The van der Waals surface area contributed by atoms with Crippen LogP contribution >= 0.6 is 0 Å². The van der Waals surface area contributed by atoms with Crippen molar-refractivity contribution in [3.63, 3.8) is 0 Å². The standard InChI is InChI=1S/C14H26N4O/c1-4-5-8-18(12-6-7-12)14-17-16-13(19-14)10-15-9-11(2)3/h11-12,15H,4-10H2,1-3H3. The molecule has 108 valence electrons. The van der Waals surface area contributed by atoms with E-state index in [1.54, 1.807) is 0 Å². The van der Waals surface area contributed by atoms with Crippen LogP contribution in [0.25, 0.3) is 0 Å². The Morgan fingerprint density at radius 2 is 2.16 bits per heavy atom. The highest BCUT2D eigenvalue weighted by Crippen LogP contribution is 2.31. The van der Waals surface area contributed by atoms with Crippen LogP contribution in [0, 0.1) is 5.92 Å². The molecule has 0 bridgehead atoms. The zero-order chi connectivity index (χ0) is 13.7. The number of unbranched alkanes of at least 4 members (excludes halogenated alkanes) is 1. The predicted molar refractivity (Wildman–Crippen MR) is 76.1 cm³/mol. The van der Waals surface area contributed by atoms with E-state index in [2.05, 4.69) is 41.2 Å². The van der Waals surface area contributed by atoms with Gasteiger partial charge in [0.2, 0.25) is 5.89 Å². The second-order valence-electron chi connectivity index (χ2n) is 5.78. The third-order valence-corrected chi connectivity index (χ3v) is 3.27. The molecule has 0 unspecified atom stereocenters. The minimum atomic E-state index is 0.628. The minimum Gasteiger partial charge on any atom is -0.407 e. The van der Waals surface area contributed by atoms with Gasteiger partial charge in [0.15, 0.2) is 0 Å². The van der Waals surface area contributed by atoms with E-state index in [4.69, 9.17) is 4.42 Å². The molecule has 1 heterocycles. The molecule has 0 aromatic carbocycles. The van der Waals surface area contributed by atoms with Crippen molar-refractivity contribution >= 4 is 6.01 Å². The molecule has 5 nitrogen and oxygen atoms in total. The van der Waals surface area contributed by atoms with Crippen LogP contribution in [-0.2, 0) is 6.54 Å². The summed E-state index contributed by atoms with van der Waals surface area (Å²) in [5, 5.41) is 11.7. The first-order valence-corrected chi connectivity index (χ1v) is 7.50. The summed E-state index contributed by atoms with van der Waals surface area (Å²) in [6.45, 7) is 9.25. The van der Waals surface area contributed by atoms with Crippen LogP contribution in [0.2, 0.25) is 0 Å². The van der Waals surface area contributed by atoms with Gasteiger partial charge in [-0.2, -0.15) is 0 Å². The van der Waals surface area contributed by atoms with E-state index in [-0.39, 0.29) is 0 Å². The summed E-state index contributed by atoms with van der Waals surface area (Å²) in [6, 6.07) is 1.33.